The molecular weight excluding hydrogens is 426 g/mol. The summed E-state index contributed by atoms with van der Waals surface area (Å²) in [5, 5.41) is 5.32. The number of esters is 1. The topological polar surface area (TPSA) is 87.2 Å². The van der Waals surface area contributed by atoms with Crippen LogP contribution in [0, 0.1) is 0 Å². The minimum Gasteiger partial charge on any atom is -0.461 e. The Balaban J connectivity index is 1.53. The Hall–Kier alpha value is -3.90. The van der Waals surface area contributed by atoms with E-state index in [1.54, 1.807) is 41.1 Å². The number of rotatable bonds is 7. The molecule has 32 heavy (non-hydrogen) atoms. The zero-order valence-electron chi connectivity index (χ0n) is 17.1. The summed E-state index contributed by atoms with van der Waals surface area (Å²) < 4.78 is 7.19. The van der Waals surface area contributed by atoms with Crippen LogP contribution >= 0.6 is 11.6 Å². The normalized spacial score (nSPS) is 10.7. The lowest BCUT2D eigenvalue weighted by Gasteiger charge is -2.06. The first-order valence-corrected chi connectivity index (χ1v) is 10.3. The molecule has 0 aliphatic carbocycles. The van der Waals surface area contributed by atoms with E-state index in [2.05, 4.69) is 0 Å². The molecule has 3 aromatic carbocycles. The van der Waals surface area contributed by atoms with Crippen LogP contribution in [0.2, 0.25) is 5.02 Å². The number of nitrogens with zero attached hydrogens (tertiary/aromatic N) is 2. The van der Waals surface area contributed by atoms with Gasteiger partial charge in [-0.05, 0) is 42.0 Å². The molecule has 1 amide bonds. The first-order chi connectivity index (χ1) is 15.5. The van der Waals surface area contributed by atoms with Crippen LogP contribution in [0.25, 0.3) is 16.9 Å². The third kappa shape index (κ3) is 5.04. The number of hydrogen-bond donors (Lipinski definition) is 1. The number of aromatic nitrogens is 2. The highest BCUT2D eigenvalue weighted by molar-refractivity contribution is 6.30. The Morgan fingerprint density at radius 3 is 2.28 bits per heavy atom. The van der Waals surface area contributed by atoms with Crippen molar-refractivity contribution in [1.82, 2.24) is 9.78 Å². The van der Waals surface area contributed by atoms with Crippen LogP contribution in [0.1, 0.15) is 21.5 Å². The van der Waals surface area contributed by atoms with Gasteiger partial charge in [-0.2, -0.15) is 5.10 Å². The number of halogens is 1. The molecule has 0 radical (unpaired) electrons. The van der Waals surface area contributed by atoms with Crippen LogP contribution in [0.3, 0.4) is 0 Å². The van der Waals surface area contributed by atoms with Crippen molar-refractivity contribution in [3.63, 3.8) is 0 Å². The summed E-state index contributed by atoms with van der Waals surface area (Å²) >= 11 is 6.03. The maximum atomic E-state index is 12.6. The van der Waals surface area contributed by atoms with Crippen molar-refractivity contribution in [2.45, 2.75) is 13.0 Å². The van der Waals surface area contributed by atoms with Crippen LogP contribution < -0.4 is 5.73 Å². The van der Waals surface area contributed by atoms with E-state index in [0.29, 0.717) is 16.3 Å². The molecule has 4 aromatic rings. The van der Waals surface area contributed by atoms with E-state index in [9.17, 15) is 9.59 Å². The third-order valence-corrected chi connectivity index (χ3v) is 5.15. The molecular formula is C25H20ClN3O3. The standard InChI is InChI=1S/C25H20ClN3O3/c26-21-12-10-18(11-13-21)24-20(15-29(28-24)22-4-2-1-3-5-22)14-23(30)32-16-17-6-8-19(9-7-17)25(27)31/h1-13,15H,14,16H2,(H2,27,31). The lowest BCUT2D eigenvalue weighted by molar-refractivity contribution is -0.144. The maximum absolute atomic E-state index is 12.6. The van der Waals surface area contributed by atoms with Crippen LogP contribution in [-0.2, 0) is 22.6 Å². The summed E-state index contributed by atoms with van der Waals surface area (Å²) in [5.41, 5.74) is 9.59. The van der Waals surface area contributed by atoms with Gasteiger partial charge in [-0.1, -0.05) is 54.1 Å². The van der Waals surface area contributed by atoms with Crippen molar-refractivity contribution in [3.05, 3.63) is 107 Å². The minimum absolute atomic E-state index is 0.0597. The second-order valence-corrected chi connectivity index (χ2v) is 7.63. The van der Waals surface area contributed by atoms with E-state index < -0.39 is 5.91 Å². The van der Waals surface area contributed by atoms with Gasteiger partial charge in [0.05, 0.1) is 17.8 Å². The van der Waals surface area contributed by atoms with Crippen LogP contribution in [-0.4, -0.2) is 21.7 Å². The predicted octanol–water partition coefficient (Wildman–Crippen LogP) is 4.58. The molecule has 2 N–H and O–H groups in total. The highest BCUT2D eigenvalue weighted by Gasteiger charge is 2.16. The van der Waals surface area contributed by atoms with Gasteiger partial charge < -0.3 is 10.5 Å². The van der Waals surface area contributed by atoms with Crippen LogP contribution in [0.5, 0.6) is 0 Å². The highest BCUT2D eigenvalue weighted by atomic mass is 35.5. The van der Waals surface area contributed by atoms with Gasteiger partial charge in [-0.15, -0.1) is 0 Å². The van der Waals surface area contributed by atoms with Gasteiger partial charge in [-0.25, -0.2) is 4.68 Å². The van der Waals surface area contributed by atoms with E-state index in [-0.39, 0.29) is 19.0 Å². The molecule has 0 bridgehead atoms. The van der Waals surface area contributed by atoms with E-state index in [1.165, 1.54) is 0 Å². The van der Waals surface area contributed by atoms with Gasteiger partial charge in [-0.3, -0.25) is 9.59 Å². The molecule has 6 nitrogen and oxygen atoms in total. The van der Waals surface area contributed by atoms with Gasteiger partial charge >= 0.3 is 5.97 Å². The molecule has 0 aliphatic heterocycles. The number of para-hydroxylation sites is 1. The second kappa shape index (κ2) is 9.49. The highest BCUT2D eigenvalue weighted by Crippen LogP contribution is 2.26. The SMILES string of the molecule is NC(=O)c1ccc(COC(=O)Cc2cn(-c3ccccc3)nc2-c2ccc(Cl)cc2)cc1. The molecule has 0 saturated heterocycles. The van der Waals surface area contributed by atoms with Crippen molar-refractivity contribution in [3.8, 4) is 16.9 Å². The van der Waals surface area contributed by atoms with Crippen LogP contribution in [0.15, 0.2) is 85.1 Å². The molecule has 0 unspecified atom stereocenters. The number of hydrogen-bond acceptors (Lipinski definition) is 4. The Bertz CT molecular complexity index is 1230. The van der Waals surface area contributed by atoms with E-state index in [0.717, 1.165) is 22.4 Å². The zero-order valence-corrected chi connectivity index (χ0v) is 17.8. The number of benzene rings is 3. The van der Waals surface area contributed by atoms with Crippen molar-refractivity contribution >= 4 is 23.5 Å². The smallest absolute Gasteiger partial charge is 0.310 e. The van der Waals surface area contributed by atoms with Gasteiger partial charge in [0.2, 0.25) is 5.91 Å². The summed E-state index contributed by atoms with van der Waals surface area (Å²) in [6.45, 7) is 0.0982. The number of nitrogens with two attached hydrogens (primary N) is 1. The molecule has 0 atom stereocenters. The average Bonchev–Trinajstić information content (AvgIpc) is 3.22. The van der Waals surface area contributed by atoms with E-state index in [1.807, 2.05) is 48.7 Å². The lowest BCUT2D eigenvalue weighted by Crippen LogP contribution is -2.11. The maximum Gasteiger partial charge on any atom is 0.310 e. The first-order valence-electron chi connectivity index (χ1n) is 9.94. The molecule has 1 aromatic heterocycles. The van der Waals surface area contributed by atoms with E-state index >= 15 is 0 Å². The number of carbonyl (C=O) groups excluding carboxylic acids is 2. The molecule has 1 heterocycles. The molecule has 160 valence electrons. The number of amides is 1. The molecule has 4 rings (SSSR count). The largest absolute Gasteiger partial charge is 0.461 e. The van der Waals surface area contributed by atoms with Crippen molar-refractivity contribution in [2.24, 2.45) is 5.73 Å². The third-order valence-electron chi connectivity index (χ3n) is 4.90. The van der Waals surface area contributed by atoms with Gasteiger partial charge in [0.25, 0.3) is 0 Å². The molecule has 0 fully saturated rings. The minimum atomic E-state index is -0.501. The Labute approximate surface area is 190 Å². The summed E-state index contributed by atoms with van der Waals surface area (Å²) in [7, 11) is 0. The number of primary amides is 1. The lowest BCUT2D eigenvalue weighted by atomic mass is 10.1. The predicted molar refractivity (Wildman–Crippen MR) is 122 cm³/mol. The number of ether oxygens (including phenoxy) is 1. The van der Waals surface area contributed by atoms with E-state index in [4.69, 9.17) is 27.2 Å². The van der Waals surface area contributed by atoms with Crippen molar-refractivity contribution in [2.75, 3.05) is 0 Å². The molecule has 0 aliphatic rings. The molecule has 7 heteroatoms. The molecule has 0 spiro atoms. The fourth-order valence-electron chi connectivity index (χ4n) is 3.24. The fourth-order valence-corrected chi connectivity index (χ4v) is 3.36. The summed E-state index contributed by atoms with van der Waals surface area (Å²) in [4.78, 5) is 23.8. The van der Waals surface area contributed by atoms with Crippen molar-refractivity contribution in [1.29, 1.82) is 0 Å². The fraction of sp³-hybridized carbons (Fsp3) is 0.0800. The molecule has 0 saturated carbocycles. The summed E-state index contributed by atoms with van der Waals surface area (Å²) in [5.74, 6) is -0.884. The average molecular weight is 446 g/mol. The monoisotopic (exact) mass is 445 g/mol. The quantitative estimate of drug-likeness (QED) is 0.422. The summed E-state index contributed by atoms with van der Waals surface area (Å²) in [6.07, 6.45) is 1.90. The zero-order chi connectivity index (χ0) is 22.5. The van der Waals surface area contributed by atoms with Crippen molar-refractivity contribution < 1.29 is 14.3 Å². The van der Waals surface area contributed by atoms with Gasteiger partial charge in [0.1, 0.15) is 6.61 Å². The Morgan fingerprint density at radius 2 is 1.62 bits per heavy atom. The second-order valence-electron chi connectivity index (χ2n) is 7.19. The Morgan fingerprint density at radius 1 is 0.938 bits per heavy atom. The summed E-state index contributed by atoms with van der Waals surface area (Å²) in [6, 6.07) is 23.6. The first kappa shape index (κ1) is 21.3. The van der Waals surface area contributed by atoms with Gasteiger partial charge in [0.15, 0.2) is 0 Å². The van der Waals surface area contributed by atoms with Gasteiger partial charge in [0, 0.05) is 27.9 Å². The van der Waals surface area contributed by atoms with Crippen LogP contribution in [0.4, 0.5) is 0 Å². The number of carbonyl (C=O) groups is 2. The Kier molecular flexibility index (Phi) is 6.33.